The Morgan fingerprint density at radius 2 is 2.05 bits per heavy atom. The van der Waals surface area contributed by atoms with Crippen LogP contribution in [0.3, 0.4) is 0 Å². The Balaban J connectivity index is 2.59. The second-order valence-corrected chi connectivity index (χ2v) is 5.47. The molecule has 1 N–H and O–H groups in total. The van der Waals surface area contributed by atoms with Gasteiger partial charge in [-0.1, -0.05) is 26.8 Å². The number of aromatic nitrogens is 2. The molecule has 1 unspecified atom stereocenters. The Labute approximate surface area is 113 Å². The van der Waals surface area contributed by atoms with E-state index in [0.717, 1.165) is 23.4 Å². The van der Waals surface area contributed by atoms with E-state index in [1.54, 1.807) is 12.1 Å². The van der Waals surface area contributed by atoms with Crippen molar-refractivity contribution in [3.63, 3.8) is 0 Å². The largest absolute Gasteiger partial charge is 0.478 e. The van der Waals surface area contributed by atoms with Gasteiger partial charge in [0.05, 0.1) is 16.6 Å². The number of imidazole rings is 1. The first-order valence-corrected chi connectivity index (χ1v) is 6.61. The second kappa shape index (κ2) is 5.03. The van der Waals surface area contributed by atoms with E-state index in [1.807, 2.05) is 17.6 Å². The average molecular weight is 260 g/mol. The molecule has 0 spiro atoms. The lowest BCUT2D eigenvalue weighted by molar-refractivity contribution is 0.0698. The minimum atomic E-state index is -0.899. The molecular weight excluding hydrogens is 240 g/mol. The van der Waals surface area contributed by atoms with Crippen molar-refractivity contribution in [1.29, 1.82) is 0 Å². The van der Waals surface area contributed by atoms with Crippen LogP contribution in [-0.4, -0.2) is 20.6 Å². The van der Waals surface area contributed by atoms with Crippen molar-refractivity contribution in [1.82, 2.24) is 9.55 Å². The van der Waals surface area contributed by atoms with Gasteiger partial charge in [0.25, 0.3) is 0 Å². The van der Waals surface area contributed by atoms with Gasteiger partial charge in [-0.15, -0.1) is 0 Å². The van der Waals surface area contributed by atoms with E-state index in [0.29, 0.717) is 17.4 Å². The maximum absolute atomic E-state index is 11.4. The van der Waals surface area contributed by atoms with Crippen LogP contribution in [0.5, 0.6) is 0 Å². The number of carboxylic acid groups (broad SMARTS) is 1. The van der Waals surface area contributed by atoms with Crippen LogP contribution < -0.4 is 0 Å². The topological polar surface area (TPSA) is 55.1 Å². The third-order valence-corrected chi connectivity index (χ3v) is 3.80. The van der Waals surface area contributed by atoms with Gasteiger partial charge in [-0.05, 0) is 30.9 Å². The standard InChI is InChI=1S/C15H20N2O2/c1-9(2)10(3)8-17-11(4)16-13-7-5-6-12(14(13)17)15(18)19/h5-7,9-10H,8H2,1-4H3,(H,18,19). The molecule has 4 nitrogen and oxygen atoms in total. The first kappa shape index (κ1) is 13.6. The van der Waals surface area contributed by atoms with Crippen LogP contribution in [0.25, 0.3) is 11.0 Å². The molecule has 0 saturated heterocycles. The molecule has 1 heterocycles. The van der Waals surface area contributed by atoms with Gasteiger partial charge >= 0.3 is 5.97 Å². The van der Waals surface area contributed by atoms with Crippen molar-refractivity contribution in [2.45, 2.75) is 34.2 Å². The maximum atomic E-state index is 11.4. The number of hydrogen-bond donors (Lipinski definition) is 1. The molecule has 0 bridgehead atoms. The predicted octanol–water partition coefficient (Wildman–Crippen LogP) is 3.34. The molecule has 4 heteroatoms. The molecule has 0 amide bonds. The number of para-hydroxylation sites is 1. The van der Waals surface area contributed by atoms with Crippen LogP contribution in [0.15, 0.2) is 18.2 Å². The quantitative estimate of drug-likeness (QED) is 0.917. The lowest BCUT2D eigenvalue weighted by Crippen LogP contribution is -2.15. The highest BCUT2D eigenvalue weighted by atomic mass is 16.4. The van der Waals surface area contributed by atoms with Gasteiger partial charge in [-0.3, -0.25) is 0 Å². The fourth-order valence-corrected chi connectivity index (χ4v) is 2.20. The first-order chi connectivity index (χ1) is 8.91. The number of aryl methyl sites for hydroxylation is 1. The summed E-state index contributed by atoms with van der Waals surface area (Å²) in [5.41, 5.74) is 1.82. The van der Waals surface area contributed by atoms with E-state index in [2.05, 4.69) is 25.8 Å². The highest BCUT2D eigenvalue weighted by molar-refractivity contribution is 6.01. The summed E-state index contributed by atoms with van der Waals surface area (Å²) >= 11 is 0. The lowest BCUT2D eigenvalue weighted by Gasteiger charge is -2.18. The third kappa shape index (κ3) is 2.48. The zero-order chi connectivity index (χ0) is 14.2. The monoisotopic (exact) mass is 260 g/mol. The summed E-state index contributed by atoms with van der Waals surface area (Å²) in [7, 11) is 0. The molecule has 0 aliphatic rings. The van der Waals surface area contributed by atoms with E-state index in [1.165, 1.54) is 0 Å². The number of aromatic carboxylic acids is 1. The third-order valence-electron chi connectivity index (χ3n) is 3.80. The van der Waals surface area contributed by atoms with Crippen LogP contribution in [0.1, 0.15) is 37.0 Å². The van der Waals surface area contributed by atoms with E-state index < -0.39 is 5.97 Å². The Morgan fingerprint density at radius 1 is 1.37 bits per heavy atom. The molecule has 1 aromatic carbocycles. The van der Waals surface area contributed by atoms with Gasteiger partial charge in [0, 0.05) is 6.54 Å². The van der Waals surface area contributed by atoms with E-state index >= 15 is 0 Å². The Morgan fingerprint density at radius 3 is 2.63 bits per heavy atom. The number of benzene rings is 1. The fourth-order valence-electron chi connectivity index (χ4n) is 2.20. The molecule has 1 atom stereocenters. The van der Waals surface area contributed by atoms with Gasteiger partial charge in [0.1, 0.15) is 5.82 Å². The van der Waals surface area contributed by atoms with Crippen LogP contribution >= 0.6 is 0 Å². The van der Waals surface area contributed by atoms with E-state index in [9.17, 15) is 9.90 Å². The van der Waals surface area contributed by atoms with Crippen molar-refractivity contribution >= 4 is 17.0 Å². The van der Waals surface area contributed by atoms with Gasteiger partial charge in [0.15, 0.2) is 0 Å². The minimum Gasteiger partial charge on any atom is -0.478 e. The molecule has 1 aromatic heterocycles. The number of rotatable bonds is 4. The van der Waals surface area contributed by atoms with Crippen LogP contribution in [0.2, 0.25) is 0 Å². The minimum absolute atomic E-state index is 0.328. The molecule has 2 rings (SSSR count). The second-order valence-electron chi connectivity index (χ2n) is 5.47. The van der Waals surface area contributed by atoms with E-state index in [4.69, 9.17) is 0 Å². The fraction of sp³-hybridized carbons (Fsp3) is 0.467. The van der Waals surface area contributed by atoms with Crippen LogP contribution in [0, 0.1) is 18.8 Å². The maximum Gasteiger partial charge on any atom is 0.337 e. The van der Waals surface area contributed by atoms with Gasteiger partial charge in [-0.25, -0.2) is 9.78 Å². The molecule has 0 aliphatic carbocycles. The first-order valence-electron chi connectivity index (χ1n) is 6.61. The predicted molar refractivity (Wildman–Crippen MR) is 75.4 cm³/mol. The number of carboxylic acids is 1. The van der Waals surface area contributed by atoms with Crippen molar-refractivity contribution in [3.8, 4) is 0 Å². The molecule has 0 saturated carbocycles. The van der Waals surface area contributed by atoms with Gasteiger partial charge in [0.2, 0.25) is 0 Å². The number of fused-ring (bicyclic) bond motifs is 1. The summed E-state index contributed by atoms with van der Waals surface area (Å²) in [4.78, 5) is 15.8. The Bertz CT molecular complexity index is 614. The summed E-state index contributed by atoms with van der Waals surface area (Å²) in [6.45, 7) is 9.26. The number of hydrogen-bond acceptors (Lipinski definition) is 2. The smallest absolute Gasteiger partial charge is 0.337 e. The van der Waals surface area contributed by atoms with Crippen molar-refractivity contribution in [3.05, 3.63) is 29.6 Å². The molecule has 0 radical (unpaired) electrons. The molecule has 2 aromatic rings. The van der Waals surface area contributed by atoms with Gasteiger partial charge in [-0.2, -0.15) is 0 Å². The zero-order valence-corrected chi connectivity index (χ0v) is 11.8. The summed E-state index contributed by atoms with van der Waals surface area (Å²) in [6.07, 6.45) is 0. The summed E-state index contributed by atoms with van der Waals surface area (Å²) < 4.78 is 2.03. The van der Waals surface area contributed by atoms with Crippen LogP contribution in [-0.2, 0) is 6.54 Å². The molecule has 0 aliphatic heterocycles. The molecule has 19 heavy (non-hydrogen) atoms. The summed E-state index contributed by atoms with van der Waals surface area (Å²) in [5.74, 6) is 0.993. The Kier molecular flexibility index (Phi) is 3.60. The average Bonchev–Trinajstić information content (AvgIpc) is 2.65. The summed E-state index contributed by atoms with van der Waals surface area (Å²) in [6, 6.07) is 5.25. The summed E-state index contributed by atoms with van der Waals surface area (Å²) in [5, 5.41) is 9.32. The molecule has 102 valence electrons. The molecule has 0 fully saturated rings. The van der Waals surface area contributed by atoms with Crippen molar-refractivity contribution in [2.75, 3.05) is 0 Å². The van der Waals surface area contributed by atoms with Crippen molar-refractivity contribution in [2.24, 2.45) is 11.8 Å². The van der Waals surface area contributed by atoms with Crippen molar-refractivity contribution < 1.29 is 9.90 Å². The Hall–Kier alpha value is -1.84. The SMILES string of the molecule is Cc1nc2cccc(C(=O)O)c2n1CC(C)C(C)C. The highest BCUT2D eigenvalue weighted by Gasteiger charge is 2.18. The molecular formula is C15H20N2O2. The van der Waals surface area contributed by atoms with Gasteiger partial charge < -0.3 is 9.67 Å². The lowest BCUT2D eigenvalue weighted by atomic mass is 9.98. The van der Waals surface area contributed by atoms with Crippen LogP contribution in [0.4, 0.5) is 0 Å². The number of nitrogens with zero attached hydrogens (tertiary/aromatic N) is 2. The number of carbonyl (C=O) groups is 1. The van der Waals surface area contributed by atoms with E-state index in [-0.39, 0.29) is 0 Å². The zero-order valence-electron chi connectivity index (χ0n) is 11.8. The highest BCUT2D eigenvalue weighted by Crippen LogP contribution is 2.23. The normalized spacial score (nSPS) is 13.1.